The Kier molecular flexibility index (Phi) is 7.27. The van der Waals surface area contributed by atoms with Gasteiger partial charge in [-0.2, -0.15) is 0 Å². The quantitative estimate of drug-likeness (QED) is 0.679. The smallest absolute Gasteiger partial charge is 0.243 e. The van der Waals surface area contributed by atoms with Gasteiger partial charge >= 0.3 is 0 Å². The van der Waals surface area contributed by atoms with Crippen LogP contribution in [0, 0.1) is 6.92 Å². The molecule has 0 heterocycles. The second-order valence-corrected chi connectivity index (χ2v) is 8.89. The molecular weight excluding hydrogens is 384 g/mol. The van der Waals surface area contributed by atoms with Gasteiger partial charge in [0.2, 0.25) is 15.9 Å². The van der Waals surface area contributed by atoms with Gasteiger partial charge in [0.15, 0.2) is 0 Å². The normalized spacial score (nSPS) is 12.4. The van der Waals surface area contributed by atoms with Crippen LogP contribution in [-0.2, 0) is 21.2 Å². The van der Waals surface area contributed by atoms with Gasteiger partial charge in [0, 0.05) is 11.6 Å². The Morgan fingerprint density at radius 3 is 2.26 bits per heavy atom. The first kappa shape index (κ1) is 21.3. The molecule has 0 aliphatic heterocycles. The third-order valence-electron chi connectivity index (χ3n) is 4.23. The summed E-state index contributed by atoms with van der Waals surface area (Å²) in [5, 5.41) is 3.52. The molecule has 0 saturated heterocycles. The number of nitrogens with zero attached hydrogens (tertiary/aromatic N) is 1. The summed E-state index contributed by atoms with van der Waals surface area (Å²) in [4.78, 5) is 12.5. The van der Waals surface area contributed by atoms with E-state index in [4.69, 9.17) is 11.6 Å². The van der Waals surface area contributed by atoms with Gasteiger partial charge in [-0.25, -0.2) is 8.42 Å². The summed E-state index contributed by atoms with van der Waals surface area (Å²) in [6, 6.07) is 13.8. The molecule has 146 valence electrons. The molecule has 1 N–H and O–H groups in total. The van der Waals surface area contributed by atoms with Gasteiger partial charge in [-0.3, -0.25) is 9.10 Å². The number of amides is 1. The maximum Gasteiger partial charge on any atom is 0.243 e. The van der Waals surface area contributed by atoms with E-state index in [1.165, 1.54) is 0 Å². The van der Waals surface area contributed by atoms with Crippen molar-refractivity contribution in [1.82, 2.24) is 5.32 Å². The van der Waals surface area contributed by atoms with E-state index in [1.54, 1.807) is 19.1 Å². The number of rotatable bonds is 8. The monoisotopic (exact) mass is 408 g/mol. The lowest BCUT2D eigenvalue weighted by atomic mass is 10.1. The SMILES string of the molecule is Cc1ccc(N(C(C)C(=O)NCCCc2ccc(Cl)cc2)S(C)(=O)=O)cc1. The molecule has 7 heteroatoms. The molecule has 2 aromatic carbocycles. The first-order valence-corrected chi connectivity index (χ1v) is 11.0. The highest BCUT2D eigenvalue weighted by Crippen LogP contribution is 2.21. The second kappa shape index (κ2) is 9.24. The standard InChI is InChI=1S/C20H25ClN2O3S/c1-15-6-12-19(13-7-15)23(27(3,25)26)16(2)20(24)22-14-4-5-17-8-10-18(21)11-9-17/h6-13,16H,4-5,14H2,1-3H3,(H,22,24). The summed E-state index contributed by atoms with van der Waals surface area (Å²) in [7, 11) is -3.59. The van der Waals surface area contributed by atoms with Crippen LogP contribution in [0.5, 0.6) is 0 Å². The van der Waals surface area contributed by atoms with Crippen LogP contribution in [0.3, 0.4) is 0 Å². The van der Waals surface area contributed by atoms with Crippen LogP contribution < -0.4 is 9.62 Å². The van der Waals surface area contributed by atoms with Crippen molar-refractivity contribution >= 4 is 33.2 Å². The molecular formula is C20H25ClN2O3S. The molecule has 2 aromatic rings. The van der Waals surface area contributed by atoms with Gasteiger partial charge < -0.3 is 5.32 Å². The zero-order valence-electron chi connectivity index (χ0n) is 15.8. The van der Waals surface area contributed by atoms with E-state index >= 15 is 0 Å². The summed E-state index contributed by atoms with van der Waals surface area (Å²) in [5.74, 6) is -0.322. The number of hydrogen-bond acceptors (Lipinski definition) is 3. The Bertz CT molecular complexity index is 865. The zero-order valence-corrected chi connectivity index (χ0v) is 17.3. The minimum absolute atomic E-state index is 0.322. The summed E-state index contributed by atoms with van der Waals surface area (Å²) in [6.45, 7) is 3.98. The van der Waals surface area contributed by atoms with Crippen molar-refractivity contribution in [1.29, 1.82) is 0 Å². The molecule has 0 aromatic heterocycles. The van der Waals surface area contributed by atoms with E-state index in [2.05, 4.69) is 5.32 Å². The number of carbonyl (C=O) groups is 1. The maximum atomic E-state index is 12.5. The molecule has 0 bridgehead atoms. The second-order valence-electron chi connectivity index (χ2n) is 6.59. The van der Waals surface area contributed by atoms with Crippen molar-refractivity contribution in [2.45, 2.75) is 32.7 Å². The highest BCUT2D eigenvalue weighted by molar-refractivity contribution is 7.92. The molecule has 2 rings (SSSR count). The fourth-order valence-electron chi connectivity index (χ4n) is 2.80. The lowest BCUT2D eigenvalue weighted by Crippen LogP contribution is -2.48. The van der Waals surface area contributed by atoms with E-state index < -0.39 is 16.1 Å². The van der Waals surface area contributed by atoms with Crippen LogP contribution in [0.25, 0.3) is 0 Å². The van der Waals surface area contributed by atoms with Crippen molar-refractivity contribution in [3.8, 4) is 0 Å². The van der Waals surface area contributed by atoms with Gasteiger partial charge in [-0.15, -0.1) is 0 Å². The molecule has 0 fully saturated rings. The highest BCUT2D eigenvalue weighted by atomic mass is 35.5. The summed E-state index contributed by atoms with van der Waals surface area (Å²) in [5.41, 5.74) is 2.64. The van der Waals surface area contributed by atoms with Gasteiger partial charge in [0.1, 0.15) is 6.04 Å². The Morgan fingerprint density at radius 1 is 1.11 bits per heavy atom. The number of hydrogen-bond donors (Lipinski definition) is 1. The van der Waals surface area contributed by atoms with Crippen molar-refractivity contribution in [2.75, 3.05) is 17.1 Å². The lowest BCUT2D eigenvalue weighted by Gasteiger charge is -2.28. The lowest BCUT2D eigenvalue weighted by molar-refractivity contribution is -0.121. The summed E-state index contributed by atoms with van der Waals surface area (Å²) < 4.78 is 25.6. The third-order valence-corrected chi connectivity index (χ3v) is 5.73. The summed E-state index contributed by atoms with van der Waals surface area (Å²) >= 11 is 5.86. The average Bonchev–Trinajstić information content (AvgIpc) is 2.60. The molecule has 0 spiro atoms. The number of sulfonamides is 1. The fraction of sp³-hybridized carbons (Fsp3) is 0.350. The highest BCUT2D eigenvalue weighted by Gasteiger charge is 2.28. The molecule has 1 atom stereocenters. The number of aryl methyl sites for hydroxylation is 2. The number of halogens is 1. The minimum atomic E-state index is -3.59. The van der Waals surface area contributed by atoms with Crippen molar-refractivity contribution in [3.05, 3.63) is 64.7 Å². The van der Waals surface area contributed by atoms with Crippen LogP contribution in [0.4, 0.5) is 5.69 Å². The Balaban J connectivity index is 1.96. The number of nitrogens with one attached hydrogen (secondary N) is 1. The van der Waals surface area contributed by atoms with Crippen LogP contribution in [0.1, 0.15) is 24.5 Å². The van der Waals surface area contributed by atoms with E-state index in [9.17, 15) is 13.2 Å². The van der Waals surface area contributed by atoms with Crippen LogP contribution >= 0.6 is 11.6 Å². The van der Waals surface area contributed by atoms with Gasteiger partial charge in [0.05, 0.1) is 11.9 Å². The predicted molar refractivity (Wildman–Crippen MR) is 111 cm³/mol. The van der Waals surface area contributed by atoms with Crippen LogP contribution in [0.15, 0.2) is 48.5 Å². The third kappa shape index (κ3) is 6.26. The molecule has 27 heavy (non-hydrogen) atoms. The minimum Gasteiger partial charge on any atom is -0.354 e. The van der Waals surface area contributed by atoms with Gasteiger partial charge in [-0.05, 0) is 56.5 Å². The largest absolute Gasteiger partial charge is 0.354 e. The van der Waals surface area contributed by atoms with E-state index in [0.29, 0.717) is 17.3 Å². The topological polar surface area (TPSA) is 66.5 Å². The van der Waals surface area contributed by atoms with E-state index in [0.717, 1.165) is 34.5 Å². The molecule has 0 aliphatic carbocycles. The molecule has 0 radical (unpaired) electrons. The summed E-state index contributed by atoms with van der Waals surface area (Å²) in [6.07, 6.45) is 2.67. The zero-order chi connectivity index (χ0) is 20.0. The predicted octanol–water partition coefficient (Wildman–Crippen LogP) is 3.55. The van der Waals surface area contributed by atoms with Crippen molar-refractivity contribution < 1.29 is 13.2 Å². The van der Waals surface area contributed by atoms with Gasteiger partial charge in [0.25, 0.3) is 0 Å². The van der Waals surface area contributed by atoms with Crippen LogP contribution in [-0.4, -0.2) is 33.2 Å². The number of carbonyl (C=O) groups excluding carboxylic acids is 1. The van der Waals surface area contributed by atoms with E-state index in [-0.39, 0.29) is 5.91 Å². The Morgan fingerprint density at radius 2 is 1.70 bits per heavy atom. The molecule has 1 amide bonds. The Labute approximate surface area is 166 Å². The number of benzene rings is 2. The van der Waals surface area contributed by atoms with Gasteiger partial charge in [-0.1, -0.05) is 41.4 Å². The van der Waals surface area contributed by atoms with E-state index in [1.807, 2.05) is 43.3 Å². The molecule has 0 aliphatic rings. The number of anilines is 1. The molecule has 0 saturated carbocycles. The maximum absolute atomic E-state index is 12.5. The molecule has 1 unspecified atom stereocenters. The average molecular weight is 409 g/mol. The van der Waals surface area contributed by atoms with Crippen molar-refractivity contribution in [2.24, 2.45) is 0 Å². The van der Waals surface area contributed by atoms with Crippen LogP contribution in [0.2, 0.25) is 5.02 Å². The Hall–Kier alpha value is -2.05. The van der Waals surface area contributed by atoms with Crippen molar-refractivity contribution in [3.63, 3.8) is 0 Å². The fourth-order valence-corrected chi connectivity index (χ4v) is 4.10. The molecule has 5 nitrogen and oxygen atoms in total. The first-order valence-electron chi connectivity index (χ1n) is 8.76. The first-order chi connectivity index (χ1) is 12.7.